The Bertz CT molecular complexity index is 698. The summed E-state index contributed by atoms with van der Waals surface area (Å²) >= 11 is 1.50. The van der Waals surface area contributed by atoms with E-state index in [1.807, 2.05) is 13.8 Å². The van der Waals surface area contributed by atoms with Gasteiger partial charge in [-0.15, -0.1) is 11.3 Å². The van der Waals surface area contributed by atoms with Crippen molar-refractivity contribution >= 4 is 28.6 Å². The lowest BCUT2D eigenvalue weighted by Crippen LogP contribution is -2.26. The number of nitrogen functional groups attached to an aromatic ring is 1. The summed E-state index contributed by atoms with van der Waals surface area (Å²) in [5.41, 5.74) is 5.60. The Kier molecular flexibility index (Phi) is 4.18. The van der Waals surface area contributed by atoms with Gasteiger partial charge in [0.25, 0.3) is 11.6 Å². The summed E-state index contributed by atoms with van der Waals surface area (Å²) in [6.07, 6.45) is 1.74. The fourth-order valence-corrected chi connectivity index (χ4v) is 2.55. The molecule has 1 heterocycles. The summed E-state index contributed by atoms with van der Waals surface area (Å²) in [7, 11) is 0. The summed E-state index contributed by atoms with van der Waals surface area (Å²) in [5.74, 6) is -0.350. The Hall–Kier alpha value is -2.48. The number of nitrogens with two attached hydrogens (primary N) is 1. The summed E-state index contributed by atoms with van der Waals surface area (Å²) in [6, 6.07) is 3.66. The third kappa shape index (κ3) is 3.34. The molecule has 0 fully saturated rings. The lowest BCUT2D eigenvalue weighted by molar-refractivity contribution is -0.383. The van der Waals surface area contributed by atoms with E-state index in [1.165, 1.54) is 29.5 Å². The number of amides is 1. The van der Waals surface area contributed by atoms with Gasteiger partial charge in [0.1, 0.15) is 10.7 Å². The van der Waals surface area contributed by atoms with Gasteiger partial charge in [-0.1, -0.05) is 0 Å². The van der Waals surface area contributed by atoms with E-state index in [1.54, 1.807) is 6.20 Å². The molecule has 1 aromatic heterocycles. The lowest BCUT2D eigenvalue weighted by atomic mass is 10.1. The highest BCUT2D eigenvalue weighted by molar-refractivity contribution is 7.11. The zero-order valence-electron chi connectivity index (χ0n) is 11.5. The van der Waals surface area contributed by atoms with E-state index in [0.29, 0.717) is 0 Å². The SMILES string of the molecule is Cc1cnc(C(C)NC(=O)c2ccc([N+](=O)[O-])c(N)c2)s1. The molecule has 1 atom stereocenters. The van der Waals surface area contributed by atoms with Crippen LogP contribution in [0.15, 0.2) is 24.4 Å². The first-order valence-corrected chi connectivity index (χ1v) is 6.97. The molecule has 3 N–H and O–H groups in total. The van der Waals surface area contributed by atoms with Crippen molar-refractivity contribution in [2.75, 3.05) is 5.73 Å². The van der Waals surface area contributed by atoms with Gasteiger partial charge in [0, 0.05) is 22.7 Å². The van der Waals surface area contributed by atoms with Crippen LogP contribution >= 0.6 is 11.3 Å². The molecule has 8 heteroatoms. The molecule has 0 aliphatic carbocycles. The highest BCUT2D eigenvalue weighted by atomic mass is 32.1. The molecule has 0 aliphatic heterocycles. The van der Waals surface area contributed by atoms with Crippen LogP contribution in [0.5, 0.6) is 0 Å². The maximum absolute atomic E-state index is 12.1. The van der Waals surface area contributed by atoms with Gasteiger partial charge in [0.15, 0.2) is 0 Å². The summed E-state index contributed by atoms with van der Waals surface area (Å²) in [4.78, 5) is 27.5. The molecule has 0 saturated carbocycles. The van der Waals surface area contributed by atoms with Crippen molar-refractivity contribution in [3.05, 3.63) is 50.0 Å². The Labute approximate surface area is 125 Å². The van der Waals surface area contributed by atoms with E-state index in [2.05, 4.69) is 10.3 Å². The molecule has 1 aromatic carbocycles. The number of hydrogen-bond donors (Lipinski definition) is 2. The first kappa shape index (κ1) is 14.9. The molecule has 0 radical (unpaired) electrons. The number of carbonyl (C=O) groups excluding carboxylic acids is 1. The van der Waals surface area contributed by atoms with Gasteiger partial charge < -0.3 is 11.1 Å². The van der Waals surface area contributed by atoms with E-state index in [4.69, 9.17) is 5.73 Å². The van der Waals surface area contributed by atoms with E-state index in [-0.39, 0.29) is 28.9 Å². The van der Waals surface area contributed by atoms with Crippen molar-refractivity contribution in [1.29, 1.82) is 0 Å². The number of nitro benzene ring substituents is 1. The first-order valence-electron chi connectivity index (χ1n) is 6.15. The van der Waals surface area contributed by atoms with E-state index in [0.717, 1.165) is 9.88 Å². The van der Waals surface area contributed by atoms with Gasteiger partial charge in [-0.3, -0.25) is 14.9 Å². The highest BCUT2D eigenvalue weighted by Gasteiger charge is 2.17. The van der Waals surface area contributed by atoms with Gasteiger partial charge >= 0.3 is 0 Å². The molecule has 0 saturated heterocycles. The quantitative estimate of drug-likeness (QED) is 0.512. The number of nitrogens with zero attached hydrogens (tertiary/aromatic N) is 2. The smallest absolute Gasteiger partial charge is 0.292 e. The zero-order chi connectivity index (χ0) is 15.6. The van der Waals surface area contributed by atoms with Crippen LogP contribution in [-0.2, 0) is 0 Å². The number of benzene rings is 1. The van der Waals surface area contributed by atoms with E-state index >= 15 is 0 Å². The average Bonchev–Trinajstić information content (AvgIpc) is 2.84. The third-order valence-electron chi connectivity index (χ3n) is 2.84. The fourth-order valence-electron chi connectivity index (χ4n) is 1.78. The van der Waals surface area contributed by atoms with Crippen LogP contribution in [0, 0.1) is 17.0 Å². The molecule has 1 amide bonds. The lowest BCUT2D eigenvalue weighted by Gasteiger charge is -2.11. The van der Waals surface area contributed by atoms with Crippen LogP contribution in [0.25, 0.3) is 0 Å². The topological polar surface area (TPSA) is 111 Å². The number of hydrogen-bond acceptors (Lipinski definition) is 6. The molecule has 2 aromatic rings. The molecular formula is C13H14N4O3S. The number of nitrogens with one attached hydrogen (secondary N) is 1. The number of nitro groups is 1. The molecular weight excluding hydrogens is 292 g/mol. The molecule has 7 nitrogen and oxygen atoms in total. The average molecular weight is 306 g/mol. The van der Waals surface area contributed by atoms with Crippen molar-refractivity contribution in [3.8, 4) is 0 Å². The molecule has 0 bridgehead atoms. The normalized spacial score (nSPS) is 11.9. The van der Waals surface area contributed by atoms with Crippen LogP contribution in [0.4, 0.5) is 11.4 Å². The predicted molar refractivity (Wildman–Crippen MR) is 80.2 cm³/mol. The Balaban J connectivity index is 2.13. The number of carbonyl (C=O) groups is 1. The van der Waals surface area contributed by atoms with Crippen molar-refractivity contribution in [2.24, 2.45) is 0 Å². The van der Waals surface area contributed by atoms with Gasteiger partial charge in [-0.25, -0.2) is 4.98 Å². The maximum Gasteiger partial charge on any atom is 0.292 e. The Morgan fingerprint density at radius 1 is 1.52 bits per heavy atom. The van der Waals surface area contributed by atoms with Crippen molar-refractivity contribution in [1.82, 2.24) is 10.3 Å². The molecule has 21 heavy (non-hydrogen) atoms. The third-order valence-corrected chi connectivity index (χ3v) is 3.94. The van der Waals surface area contributed by atoms with Crippen LogP contribution in [-0.4, -0.2) is 15.8 Å². The zero-order valence-corrected chi connectivity index (χ0v) is 12.3. The second-order valence-corrected chi connectivity index (χ2v) is 5.80. The molecule has 2 rings (SSSR count). The van der Waals surface area contributed by atoms with Crippen molar-refractivity contribution in [2.45, 2.75) is 19.9 Å². The fraction of sp³-hybridized carbons (Fsp3) is 0.231. The minimum atomic E-state index is -0.585. The summed E-state index contributed by atoms with van der Waals surface area (Å²) < 4.78 is 0. The minimum Gasteiger partial charge on any atom is -0.393 e. The molecule has 1 unspecified atom stereocenters. The number of rotatable bonds is 4. The Morgan fingerprint density at radius 2 is 2.24 bits per heavy atom. The minimum absolute atomic E-state index is 0.0367. The number of anilines is 1. The second-order valence-electron chi connectivity index (χ2n) is 4.54. The van der Waals surface area contributed by atoms with Crippen LogP contribution in [0.1, 0.15) is 33.2 Å². The van der Waals surface area contributed by atoms with Crippen LogP contribution in [0.2, 0.25) is 0 Å². The first-order chi connectivity index (χ1) is 9.88. The molecule has 0 aliphatic rings. The largest absolute Gasteiger partial charge is 0.393 e. The highest BCUT2D eigenvalue weighted by Crippen LogP contribution is 2.23. The number of aromatic nitrogens is 1. The van der Waals surface area contributed by atoms with E-state index < -0.39 is 4.92 Å². The second kappa shape index (κ2) is 5.88. The predicted octanol–water partition coefficient (Wildman–Crippen LogP) is 2.43. The van der Waals surface area contributed by atoms with Gasteiger partial charge in [-0.2, -0.15) is 0 Å². The molecule has 0 spiro atoms. The molecule has 110 valence electrons. The van der Waals surface area contributed by atoms with Gasteiger partial charge in [0.2, 0.25) is 0 Å². The maximum atomic E-state index is 12.1. The van der Waals surface area contributed by atoms with E-state index in [9.17, 15) is 14.9 Å². The Morgan fingerprint density at radius 3 is 2.76 bits per heavy atom. The van der Waals surface area contributed by atoms with Crippen molar-refractivity contribution in [3.63, 3.8) is 0 Å². The van der Waals surface area contributed by atoms with Crippen LogP contribution in [0.3, 0.4) is 0 Å². The number of aryl methyl sites for hydroxylation is 1. The van der Waals surface area contributed by atoms with Crippen LogP contribution < -0.4 is 11.1 Å². The van der Waals surface area contributed by atoms with Crippen molar-refractivity contribution < 1.29 is 9.72 Å². The van der Waals surface area contributed by atoms with Gasteiger partial charge in [-0.05, 0) is 26.0 Å². The number of thiazole rings is 1. The monoisotopic (exact) mass is 306 g/mol. The standard InChI is InChI=1S/C13H14N4O3S/c1-7-6-15-13(21-7)8(2)16-12(18)9-3-4-11(17(19)20)10(14)5-9/h3-6,8H,14H2,1-2H3,(H,16,18). The summed E-state index contributed by atoms with van der Waals surface area (Å²) in [6.45, 7) is 3.76. The summed E-state index contributed by atoms with van der Waals surface area (Å²) in [5, 5.41) is 14.3. The van der Waals surface area contributed by atoms with Gasteiger partial charge in [0.05, 0.1) is 11.0 Å².